The average molecular weight is 292 g/mol. The molecule has 0 saturated carbocycles. The van der Waals surface area contributed by atoms with Gasteiger partial charge < -0.3 is 14.6 Å². The Morgan fingerprint density at radius 3 is 2.67 bits per heavy atom. The van der Waals surface area contributed by atoms with Crippen LogP contribution in [0.2, 0.25) is 0 Å². The second kappa shape index (κ2) is 11.1. The molecule has 1 rings (SSSR count). The Morgan fingerprint density at radius 1 is 1.24 bits per heavy atom. The van der Waals surface area contributed by atoms with E-state index in [4.69, 9.17) is 9.47 Å². The zero-order valence-corrected chi connectivity index (χ0v) is 12.5. The lowest BCUT2D eigenvalue weighted by atomic mass is 10.1. The highest BCUT2D eigenvalue weighted by Gasteiger charge is 2.01. The Labute approximate surface area is 126 Å². The van der Waals surface area contributed by atoms with E-state index in [1.807, 2.05) is 24.3 Å². The van der Waals surface area contributed by atoms with Crippen LogP contribution in [0.25, 0.3) is 0 Å². The highest BCUT2D eigenvalue weighted by Crippen LogP contribution is 2.12. The largest absolute Gasteiger partial charge is 0.497 e. The van der Waals surface area contributed by atoms with Crippen LogP contribution in [0.5, 0.6) is 5.75 Å². The van der Waals surface area contributed by atoms with Crippen LogP contribution in [0.1, 0.15) is 31.2 Å². The number of carbonyl (C=O) groups excluding carboxylic acids is 1. The molecule has 0 bridgehead atoms. The van der Waals surface area contributed by atoms with Crippen molar-refractivity contribution >= 4 is 6.29 Å². The third kappa shape index (κ3) is 8.27. The van der Waals surface area contributed by atoms with Gasteiger partial charge in [0.25, 0.3) is 0 Å². The Hall–Kier alpha value is -1.65. The van der Waals surface area contributed by atoms with Crippen LogP contribution >= 0.6 is 0 Å². The number of aliphatic hydroxyl groups is 1. The number of aliphatic hydroxyl groups excluding tert-OH is 1. The maximum absolute atomic E-state index is 10.1. The van der Waals surface area contributed by atoms with E-state index in [-0.39, 0.29) is 6.10 Å². The Kier molecular flexibility index (Phi) is 9.16. The highest BCUT2D eigenvalue weighted by atomic mass is 16.5. The molecule has 1 N–H and O–H groups in total. The molecular formula is C17H24O4. The summed E-state index contributed by atoms with van der Waals surface area (Å²) in [4.78, 5) is 10.1. The minimum atomic E-state index is -0.372. The van der Waals surface area contributed by atoms with Gasteiger partial charge >= 0.3 is 0 Å². The molecule has 0 aromatic heterocycles. The normalized spacial score (nSPS) is 12.5. The second-order valence-corrected chi connectivity index (χ2v) is 4.85. The maximum Gasteiger partial charge on any atom is 0.142 e. The van der Waals surface area contributed by atoms with E-state index in [9.17, 15) is 9.90 Å². The van der Waals surface area contributed by atoms with Crippen molar-refractivity contribution in [3.8, 4) is 5.75 Å². The quantitative estimate of drug-likeness (QED) is 0.387. The topological polar surface area (TPSA) is 55.8 Å². The van der Waals surface area contributed by atoms with Crippen molar-refractivity contribution in [3.05, 3.63) is 42.0 Å². The minimum absolute atomic E-state index is 0.372. The van der Waals surface area contributed by atoms with E-state index in [1.165, 1.54) is 6.08 Å². The number of hydrogen-bond donors (Lipinski definition) is 1. The van der Waals surface area contributed by atoms with Crippen LogP contribution in [0, 0.1) is 0 Å². The molecule has 1 aromatic rings. The zero-order valence-electron chi connectivity index (χ0n) is 12.5. The third-order valence-corrected chi connectivity index (χ3v) is 3.13. The molecule has 0 spiro atoms. The first-order valence-corrected chi connectivity index (χ1v) is 7.25. The van der Waals surface area contributed by atoms with Crippen molar-refractivity contribution in [2.24, 2.45) is 0 Å². The number of unbranched alkanes of at least 4 members (excludes halogenated alkanes) is 1. The number of aldehydes is 1. The van der Waals surface area contributed by atoms with Crippen molar-refractivity contribution in [1.82, 2.24) is 0 Å². The van der Waals surface area contributed by atoms with Crippen LogP contribution in [0.15, 0.2) is 36.4 Å². The Bertz CT molecular complexity index is 411. The van der Waals surface area contributed by atoms with Gasteiger partial charge in [-0.05, 0) is 49.5 Å². The van der Waals surface area contributed by atoms with E-state index in [1.54, 1.807) is 13.2 Å². The smallest absolute Gasteiger partial charge is 0.142 e. The van der Waals surface area contributed by atoms with Gasteiger partial charge in [0.2, 0.25) is 0 Å². The molecule has 0 aliphatic carbocycles. The van der Waals surface area contributed by atoms with Crippen LogP contribution in [-0.4, -0.2) is 31.2 Å². The summed E-state index contributed by atoms with van der Waals surface area (Å²) in [5.41, 5.74) is 1.12. The second-order valence-electron chi connectivity index (χ2n) is 4.85. The number of allylic oxidation sites excluding steroid dienone is 1. The zero-order chi connectivity index (χ0) is 15.3. The highest BCUT2D eigenvalue weighted by molar-refractivity contribution is 5.64. The predicted octanol–water partition coefficient (Wildman–Crippen LogP) is 2.89. The summed E-state index contributed by atoms with van der Waals surface area (Å²) in [6.45, 7) is 1.28. The monoisotopic (exact) mass is 292 g/mol. The van der Waals surface area contributed by atoms with Crippen molar-refractivity contribution in [2.45, 2.75) is 38.4 Å². The van der Waals surface area contributed by atoms with Crippen molar-refractivity contribution in [2.75, 3.05) is 13.7 Å². The fourth-order valence-corrected chi connectivity index (χ4v) is 1.90. The molecule has 1 aromatic carbocycles. The fourth-order valence-electron chi connectivity index (χ4n) is 1.90. The van der Waals surface area contributed by atoms with E-state index in [0.717, 1.165) is 36.9 Å². The van der Waals surface area contributed by atoms with Gasteiger partial charge in [0.15, 0.2) is 0 Å². The third-order valence-electron chi connectivity index (χ3n) is 3.13. The van der Waals surface area contributed by atoms with Gasteiger partial charge in [-0.25, -0.2) is 0 Å². The number of benzene rings is 1. The molecule has 0 aliphatic heterocycles. The van der Waals surface area contributed by atoms with Gasteiger partial charge in [0.1, 0.15) is 12.0 Å². The standard InChI is InChI=1S/C17H24O4/c1-20-17-10-8-15(9-11-17)14-21-13-5-3-7-16(19)6-2-4-12-18/h2,4,8-12,16,19H,3,5-7,13-14H2,1H3/b4-2+/t16-/m0/s1. The summed E-state index contributed by atoms with van der Waals surface area (Å²) in [5.74, 6) is 0.844. The number of ether oxygens (including phenoxy) is 2. The molecule has 0 heterocycles. The van der Waals surface area contributed by atoms with Gasteiger partial charge in [-0.15, -0.1) is 0 Å². The minimum Gasteiger partial charge on any atom is -0.497 e. The van der Waals surface area contributed by atoms with Crippen LogP contribution < -0.4 is 4.74 Å². The molecule has 4 heteroatoms. The molecule has 0 saturated heterocycles. The number of hydrogen-bond acceptors (Lipinski definition) is 4. The summed E-state index contributed by atoms with van der Waals surface area (Å²) < 4.78 is 10.7. The molecule has 4 nitrogen and oxygen atoms in total. The SMILES string of the molecule is COc1ccc(COCCCC[C@@H](O)C/C=C/C=O)cc1. The van der Waals surface area contributed by atoms with Crippen LogP contribution in [0.4, 0.5) is 0 Å². The first-order chi connectivity index (χ1) is 10.3. The lowest BCUT2D eigenvalue weighted by molar-refractivity contribution is -0.104. The molecule has 21 heavy (non-hydrogen) atoms. The van der Waals surface area contributed by atoms with Crippen molar-refractivity contribution < 1.29 is 19.4 Å². The first kappa shape index (κ1) is 17.4. The van der Waals surface area contributed by atoms with E-state index < -0.39 is 0 Å². The van der Waals surface area contributed by atoms with Gasteiger partial charge in [0, 0.05) is 6.61 Å². The average Bonchev–Trinajstić information content (AvgIpc) is 2.51. The lowest BCUT2D eigenvalue weighted by Gasteiger charge is -2.08. The number of rotatable bonds is 11. The van der Waals surface area contributed by atoms with Crippen molar-refractivity contribution in [3.63, 3.8) is 0 Å². The summed E-state index contributed by atoms with van der Waals surface area (Å²) in [6, 6.07) is 7.81. The molecule has 0 aliphatic rings. The van der Waals surface area contributed by atoms with Gasteiger partial charge in [-0.1, -0.05) is 18.2 Å². The van der Waals surface area contributed by atoms with E-state index >= 15 is 0 Å². The van der Waals surface area contributed by atoms with Gasteiger partial charge in [-0.2, -0.15) is 0 Å². The summed E-state index contributed by atoms with van der Waals surface area (Å²) in [7, 11) is 1.65. The molecule has 0 radical (unpaired) electrons. The van der Waals surface area contributed by atoms with Crippen LogP contribution in [0.3, 0.4) is 0 Å². The molecule has 0 amide bonds. The van der Waals surface area contributed by atoms with E-state index in [0.29, 0.717) is 19.6 Å². The molecule has 1 atom stereocenters. The van der Waals surface area contributed by atoms with E-state index in [2.05, 4.69) is 0 Å². The first-order valence-electron chi connectivity index (χ1n) is 7.25. The summed E-state index contributed by atoms with van der Waals surface area (Å²) in [5, 5.41) is 9.64. The molecule has 0 unspecified atom stereocenters. The number of carbonyl (C=O) groups is 1. The van der Waals surface area contributed by atoms with Crippen molar-refractivity contribution in [1.29, 1.82) is 0 Å². The lowest BCUT2D eigenvalue weighted by Crippen LogP contribution is -2.05. The van der Waals surface area contributed by atoms with Crippen LogP contribution in [-0.2, 0) is 16.1 Å². The van der Waals surface area contributed by atoms with Gasteiger partial charge in [-0.3, -0.25) is 4.79 Å². The fraction of sp³-hybridized carbons (Fsp3) is 0.471. The maximum atomic E-state index is 10.1. The summed E-state index contributed by atoms with van der Waals surface area (Å²) >= 11 is 0. The predicted molar refractivity (Wildman–Crippen MR) is 82.3 cm³/mol. The summed E-state index contributed by atoms with van der Waals surface area (Å²) in [6.07, 6.45) is 6.56. The molecular weight excluding hydrogens is 268 g/mol. The Morgan fingerprint density at radius 2 is 2.00 bits per heavy atom. The molecule has 116 valence electrons. The number of methoxy groups -OCH3 is 1. The Balaban J connectivity index is 2.03. The molecule has 0 fully saturated rings. The van der Waals surface area contributed by atoms with Gasteiger partial charge in [0.05, 0.1) is 19.8 Å².